The molecule has 0 amide bonds. The minimum atomic E-state index is 0.349. The van der Waals surface area contributed by atoms with Crippen LogP contribution in [0.5, 0.6) is 0 Å². The first-order valence-corrected chi connectivity index (χ1v) is 6.91. The van der Waals surface area contributed by atoms with E-state index in [4.69, 9.17) is 4.74 Å². The molecule has 1 atom stereocenters. The van der Waals surface area contributed by atoms with Crippen LogP contribution in [0.25, 0.3) is 0 Å². The summed E-state index contributed by atoms with van der Waals surface area (Å²) in [7, 11) is 0. The molecule has 17 heavy (non-hydrogen) atoms. The Hall–Kier alpha value is -0.940. The number of aldehydes is 1. The molecule has 92 valence electrons. The van der Waals surface area contributed by atoms with Crippen molar-refractivity contribution in [2.24, 2.45) is 0 Å². The highest BCUT2D eigenvalue weighted by atomic mass is 32.1. The number of aromatic nitrogens is 1. The molecular formula is C12H16N2O2S. The van der Waals surface area contributed by atoms with Crippen molar-refractivity contribution in [3.63, 3.8) is 0 Å². The van der Waals surface area contributed by atoms with Crippen molar-refractivity contribution in [1.29, 1.82) is 0 Å². The predicted octanol–water partition coefficient (Wildman–Crippen LogP) is 2.06. The highest BCUT2D eigenvalue weighted by molar-refractivity contribution is 7.17. The average Bonchev–Trinajstić information content (AvgIpc) is 3.10. The van der Waals surface area contributed by atoms with Crippen LogP contribution in [0.4, 0.5) is 5.13 Å². The number of ether oxygens (including phenoxy) is 1. The van der Waals surface area contributed by atoms with Crippen LogP contribution in [-0.2, 0) is 4.74 Å². The second kappa shape index (κ2) is 4.38. The van der Waals surface area contributed by atoms with Crippen LogP contribution in [0, 0.1) is 0 Å². The van der Waals surface area contributed by atoms with E-state index in [1.54, 1.807) is 0 Å². The molecule has 2 fully saturated rings. The molecule has 1 aromatic heterocycles. The fraction of sp³-hybridized carbons (Fsp3) is 0.667. The minimum Gasteiger partial charge on any atom is -0.377 e. The number of hydrogen-bond donors (Lipinski definition) is 0. The molecule has 0 radical (unpaired) electrons. The first-order chi connectivity index (χ1) is 8.29. The van der Waals surface area contributed by atoms with Gasteiger partial charge in [-0.1, -0.05) is 11.3 Å². The first-order valence-electron chi connectivity index (χ1n) is 6.10. The summed E-state index contributed by atoms with van der Waals surface area (Å²) < 4.78 is 5.42. The van der Waals surface area contributed by atoms with E-state index in [0.717, 1.165) is 41.7 Å². The van der Waals surface area contributed by atoms with Crippen molar-refractivity contribution in [1.82, 2.24) is 4.98 Å². The van der Waals surface area contributed by atoms with Gasteiger partial charge in [0.15, 0.2) is 11.4 Å². The monoisotopic (exact) mass is 252 g/mol. The lowest BCUT2D eigenvalue weighted by atomic mass is 10.2. The molecule has 0 bridgehead atoms. The highest BCUT2D eigenvalue weighted by Gasteiger charge is 2.31. The van der Waals surface area contributed by atoms with Crippen LogP contribution >= 0.6 is 11.3 Å². The SMILES string of the molecule is CC1COCCN1c1nc(C2CC2)c(C=O)s1. The summed E-state index contributed by atoms with van der Waals surface area (Å²) in [6, 6.07) is 0.349. The highest BCUT2D eigenvalue weighted by Crippen LogP contribution is 2.43. The van der Waals surface area contributed by atoms with Gasteiger partial charge in [-0.3, -0.25) is 4.79 Å². The third kappa shape index (κ3) is 2.09. The molecule has 0 aromatic carbocycles. The molecule has 1 saturated heterocycles. The molecule has 4 nitrogen and oxygen atoms in total. The quantitative estimate of drug-likeness (QED) is 0.772. The Kier molecular flexibility index (Phi) is 2.88. The van der Waals surface area contributed by atoms with Crippen molar-refractivity contribution in [2.45, 2.75) is 31.7 Å². The second-order valence-electron chi connectivity index (χ2n) is 4.76. The zero-order valence-electron chi connectivity index (χ0n) is 9.89. The molecule has 5 heteroatoms. The van der Waals surface area contributed by atoms with Crippen LogP contribution in [0.3, 0.4) is 0 Å². The third-order valence-electron chi connectivity index (χ3n) is 3.35. The molecule has 1 aliphatic carbocycles. The lowest BCUT2D eigenvalue weighted by Gasteiger charge is -2.32. The summed E-state index contributed by atoms with van der Waals surface area (Å²) in [6.45, 7) is 4.50. The maximum atomic E-state index is 11.1. The number of carbonyl (C=O) groups is 1. The lowest BCUT2D eigenvalue weighted by Crippen LogP contribution is -2.43. The Labute approximate surface area is 105 Å². The number of nitrogens with zero attached hydrogens (tertiary/aromatic N) is 2. The Balaban J connectivity index is 1.88. The van der Waals surface area contributed by atoms with Crippen molar-refractivity contribution >= 4 is 22.8 Å². The summed E-state index contributed by atoms with van der Waals surface area (Å²) in [6.07, 6.45) is 3.32. The number of hydrogen-bond acceptors (Lipinski definition) is 5. The van der Waals surface area contributed by atoms with Gasteiger partial charge in [0.05, 0.1) is 29.8 Å². The van der Waals surface area contributed by atoms with Gasteiger partial charge in [-0.15, -0.1) is 0 Å². The Morgan fingerprint density at radius 1 is 1.53 bits per heavy atom. The lowest BCUT2D eigenvalue weighted by molar-refractivity contribution is 0.0989. The molecule has 2 aliphatic rings. The molecule has 0 N–H and O–H groups in total. The molecule has 1 aromatic rings. The number of anilines is 1. The Morgan fingerprint density at radius 3 is 3.00 bits per heavy atom. The number of carbonyl (C=O) groups excluding carboxylic acids is 1. The van der Waals surface area contributed by atoms with Crippen molar-refractivity contribution in [3.05, 3.63) is 10.6 Å². The molecular weight excluding hydrogens is 236 g/mol. The van der Waals surface area contributed by atoms with E-state index in [2.05, 4.69) is 16.8 Å². The van der Waals surface area contributed by atoms with Crippen molar-refractivity contribution < 1.29 is 9.53 Å². The van der Waals surface area contributed by atoms with E-state index in [-0.39, 0.29) is 0 Å². The fourth-order valence-electron chi connectivity index (χ4n) is 2.20. The summed E-state index contributed by atoms with van der Waals surface area (Å²) >= 11 is 1.53. The van der Waals surface area contributed by atoms with Crippen LogP contribution < -0.4 is 4.90 Å². The normalized spacial score (nSPS) is 25.0. The molecule has 3 rings (SSSR count). The minimum absolute atomic E-state index is 0.349. The van der Waals surface area contributed by atoms with Gasteiger partial charge in [-0.05, 0) is 19.8 Å². The smallest absolute Gasteiger partial charge is 0.186 e. The maximum Gasteiger partial charge on any atom is 0.186 e. The van der Waals surface area contributed by atoms with Crippen LogP contribution in [0.2, 0.25) is 0 Å². The molecule has 1 aliphatic heterocycles. The number of rotatable bonds is 3. The maximum absolute atomic E-state index is 11.1. The predicted molar refractivity (Wildman–Crippen MR) is 67.1 cm³/mol. The van der Waals surface area contributed by atoms with Crippen LogP contribution in [-0.4, -0.2) is 37.1 Å². The van der Waals surface area contributed by atoms with Gasteiger partial charge in [-0.25, -0.2) is 4.98 Å². The zero-order chi connectivity index (χ0) is 11.8. The van der Waals surface area contributed by atoms with Gasteiger partial charge in [0.2, 0.25) is 0 Å². The van der Waals surface area contributed by atoms with E-state index < -0.39 is 0 Å². The van der Waals surface area contributed by atoms with Gasteiger partial charge < -0.3 is 9.64 Å². The van der Waals surface area contributed by atoms with Crippen LogP contribution in [0.1, 0.15) is 41.0 Å². The summed E-state index contributed by atoms with van der Waals surface area (Å²) in [5, 5.41) is 0.991. The largest absolute Gasteiger partial charge is 0.377 e. The van der Waals surface area contributed by atoms with Crippen LogP contribution in [0.15, 0.2) is 0 Å². The van der Waals surface area contributed by atoms with Gasteiger partial charge in [-0.2, -0.15) is 0 Å². The number of thiazole rings is 1. The molecule has 2 heterocycles. The summed E-state index contributed by atoms with van der Waals surface area (Å²) in [4.78, 5) is 18.8. The fourth-order valence-corrected chi connectivity index (χ4v) is 3.29. The zero-order valence-corrected chi connectivity index (χ0v) is 10.7. The van der Waals surface area contributed by atoms with Crippen molar-refractivity contribution in [2.75, 3.05) is 24.7 Å². The third-order valence-corrected chi connectivity index (χ3v) is 4.39. The van der Waals surface area contributed by atoms with Gasteiger partial charge in [0.1, 0.15) is 0 Å². The van der Waals surface area contributed by atoms with E-state index >= 15 is 0 Å². The topological polar surface area (TPSA) is 42.4 Å². The molecule has 0 spiro atoms. The van der Waals surface area contributed by atoms with E-state index in [0.29, 0.717) is 12.0 Å². The van der Waals surface area contributed by atoms with Gasteiger partial charge in [0.25, 0.3) is 0 Å². The first kappa shape index (κ1) is 11.2. The summed E-state index contributed by atoms with van der Waals surface area (Å²) in [5.74, 6) is 0.538. The standard InChI is InChI=1S/C12H16N2O2S/c1-8-7-16-5-4-14(8)12-13-11(9-2-3-9)10(6-15)17-12/h6,8-9H,2-5,7H2,1H3. The van der Waals surface area contributed by atoms with Gasteiger partial charge >= 0.3 is 0 Å². The summed E-state index contributed by atoms with van der Waals surface area (Å²) in [5.41, 5.74) is 1.03. The van der Waals surface area contributed by atoms with Gasteiger partial charge in [0, 0.05) is 12.5 Å². The Morgan fingerprint density at radius 2 is 2.35 bits per heavy atom. The van der Waals surface area contributed by atoms with Crippen molar-refractivity contribution in [3.8, 4) is 0 Å². The number of morpholine rings is 1. The van der Waals surface area contributed by atoms with E-state index in [1.165, 1.54) is 24.2 Å². The molecule has 1 saturated carbocycles. The average molecular weight is 252 g/mol. The second-order valence-corrected chi connectivity index (χ2v) is 5.76. The Bertz CT molecular complexity index is 428. The molecule has 1 unspecified atom stereocenters. The van der Waals surface area contributed by atoms with E-state index in [9.17, 15) is 4.79 Å². The van der Waals surface area contributed by atoms with E-state index in [1.807, 2.05) is 0 Å².